The van der Waals surface area contributed by atoms with Crippen LogP contribution in [0.5, 0.6) is 0 Å². The summed E-state index contributed by atoms with van der Waals surface area (Å²) in [5, 5.41) is 0.957. The summed E-state index contributed by atoms with van der Waals surface area (Å²) in [6.45, 7) is 3.33. The summed E-state index contributed by atoms with van der Waals surface area (Å²) in [5.41, 5.74) is 0.889. The molecule has 1 aromatic heterocycles. The Morgan fingerprint density at radius 2 is 2.30 bits per heavy atom. The van der Waals surface area contributed by atoms with Gasteiger partial charge in [-0.15, -0.1) is 0 Å². The van der Waals surface area contributed by atoms with E-state index in [1.807, 2.05) is 6.92 Å². The molecule has 20 heavy (non-hydrogen) atoms. The highest BCUT2D eigenvalue weighted by Gasteiger charge is 2.25. The zero-order valence-electron chi connectivity index (χ0n) is 11.3. The molecular formula is C15H16Cl2N2O. The Bertz CT molecular complexity index is 563. The monoisotopic (exact) mass is 310 g/mol. The number of likely N-dealkylation sites (tertiary alicyclic amines) is 1. The zero-order valence-corrected chi connectivity index (χ0v) is 12.8. The van der Waals surface area contributed by atoms with E-state index in [0.717, 1.165) is 25.1 Å². The van der Waals surface area contributed by atoms with E-state index in [2.05, 4.69) is 16.8 Å². The molecule has 3 nitrogen and oxygen atoms in total. The average Bonchev–Trinajstić information content (AvgIpc) is 2.47. The summed E-state index contributed by atoms with van der Waals surface area (Å²) in [5.74, 6) is 5.58. The minimum absolute atomic E-state index is 0.100. The fourth-order valence-corrected chi connectivity index (χ4v) is 2.56. The third kappa shape index (κ3) is 3.65. The van der Waals surface area contributed by atoms with Crippen LogP contribution < -0.4 is 0 Å². The predicted octanol–water partition coefficient (Wildman–Crippen LogP) is 3.51. The number of pyridine rings is 1. The van der Waals surface area contributed by atoms with Crippen LogP contribution in [0.1, 0.15) is 37.8 Å². The largest absolute Gasteiger partial charge is 0.331 e. The van der Waals surface area contributed by atoms with Crippen molar-refractivity contribution in [1.82, 2.24) is 9.88 Å². The van der Waals surface area contributed by atoms with Crippen molar-refractivity contribution in [2.75, 3.05) is 13.1 Å². The number of hydrogen-bond donors (Lipinski definition) is 0. The molecule has 1 aliphatic heterocycles. The smallest absolute Gasteiger partial charge is 0.298 e. The first-order valence-electron chi connectivity index (χ1n) is 6.70. The molecule has 0 aliphatic carbocycles. The van der Waals surface area contributed by atoms with Crippen molar-refractivity contribution in [3.63, 3.8) is 0 Å². The molecule has 2 heterocycles. The van der Waals surface area contributed by atoms with Gasteiger partial charge in [0, 0.05) is 37.3 Å². The molecule has 1 fully saturated rings. The van der Waals surface area contributed by atoms with Gasteiger partial charge >= 0.3 is 0 Å². The summed E-state index contributed by atoms with van der Waals surface area (Å²) in [6.07, 6.45) is 4.20. The van der Waals surface area contributed by atoms with Gasteiger partial charge in [0.1, 0.15) is 0 Å². The van der Waals surface area contributed by atoms with Crippen LogP contribution in [0.2, 0.25) is 10.0 Å². The maximum atomic E-state index is 11.9. The van der Waals surface area contributed by atoms with Crippen LogP contribution in [0, 0.1) is 11.8 Å². The molecule has 0 spiro atoms. The Morgan fingerprint density at radius 1 is 1.50 bits per heavy atom. The Hall–Kier alpha value is -1.24. The van der Waals surface area contributed by atoms with Crippen LogP contribution in [0.25, 0.3) is 0 Å². The van der Waals surface area contributed by atoms with E-state index in [0.29, 0.717) is 23.0 Å². The van der Waals surface area contributed by atoms with E-state index in [-0.39, 0.29) is 11.8 Å². The SMILES string of the molecule is CCC#CC(=O)N1CCCC(c2cc(Cl)c(Cl)cn2)C1. The minimum Gasteiger partial charge on any atom is -0.331 e. The van der Waals surface area contributed by atoms with Crippen LogP contribution in [0.3, 0.4) is 0 Å². The first-order chi connectivity index (χ1) is 9.61. The van der Waals surface area contributed by atoms with Gasteiger partial charge in [-0.3, -0.25) is 9.78 Å². The highest BCUT2D eigenvalue weighted by molar-refractivity contribution is 6.41. The van der Waals surface area contributed by atoms with Crippen LogP contribution in [0.15, 0.2) is 12.3 Å². The maximum absolute atomic E-state index is 11.9. The average molecular weight is 311 g/mol. The van der Waals surface area contributed by atoms with Gasteiger partial charge in [0.05, 0.1) is 10.0 Å². The lowest BCUT2D eigenvalue weighted by atomic mass is 9.94. The van der Waals surface area contributed by atoms with Gasteiger partial charge in [-0.05, 0) is 24.8 Å². The second kappa shape index (κ2) is 6.97. The van der Waals surface area contributed by atoms with Gasteiger partial charge in [-0.1, -0.05) is 36.0 Å². The van der Waals surface area contributed by atoms with Crippen LogP contribution in [-0.4, -0.2) is 28.9 Å². The van der Waals surface area contributed by atoms with Crippen LogP contribution in [0.4, 0.5) is 0 Å². The number of halogens is 2. The van der Waals surface area contributed by atoms with E-state index in [9.17, 15) is 4.79 Å². The van der Waals surface area contributed by atoms with Gasteiger partial charge in [-0.25, -0.2) is 0 Å². The van der Waals surface area contributed by atoms with Crippen molar-refractivity contribution in [1.29, 1.82) is 0 Å². The summed E-state index contributed by atoms with van der Waals surface area (Å²) >= 11 is 11.9. The number of rotatable bonds is 1. The standard InChI is InChI=1S/C15H16Cl2N2O/c1-2-3-6-15(20)19-7-4-5-11(10-19)14-8-12(16)13(17)9-18-14/h8-9,11H,2,4-5,7,10H2,1H3. The fourth-order valence-electron chi connectivity index (χ4n) is 2.30. The summed E-state index contributed by atoms with van der Waals surface area (Å²) in [4.78, 5) is 18.1. The molecule has 106 valence electrons. The second-order valence-corrected chi connectivity index (χ2v) is 5.58. The third-order valence-electron chi connectivity index (χ3n) is 3.33. The number of piperidine rings is 1. The number of carbonyl (C=O) groups is 1. The molecule has 1 amide bonds. The summed E-state index contributed by atoms with van der Waals surface area (Å²) in [6, 6.07) is 1.79. The normalized spacial score (nSPS) is 18.4. The molecule has 1 aromatic rings. The van der Waals surface area contributed by atoms with E-state index in [1.165, 1.54) is 0 Å². The van der Waals surface area contributed by atoms with Crippen molar-refractivity contribution >= 4 is 29.1 Å². The molecule has 0 bridgehead atoms. The highest BCUT2D eigenvalue weighted by Crippen LogP contribution is 2.29. The lowest BCUT2D eigenvalue weighted by Crippen LogP contribution is -2.38. The molecular weight excluding hydrogens is 295 g/mol. The minimum atomic E-state index is -0.100. The van der Waals surface area contributed by atoms with Crippen molar-refractivity contribution in [2.45, 2.75) is 32.1 Å². The van der Waals surface area contributed by atoms with Gasteiger partial charge in [-0.2, -0.15) is 0 Å². The Labute approximate surface area is 129 Å². The first kappa shape index (κ1) is 15.2. The Balaban J connectivity index is 2.10. The molecule has 0 N–H and O–H groups in total. The van der Waals surface area contributed by atoms with Crippen LogP contribution in [-0.2, 0) is 4.79 Å². The van der Waals surface area contributed by atoms with Crippen molar-refractivity contribution < 1.29 is 4.79 Å². The molecule has 1 saturated heterocycles. The highest BCUT2D eigenvalue weighted by atomic mass is 35.5. The zero-order chi connectivity index (χ0) is 14.5. The molecule has 1 aliphatic rings. The number of nitrogens with zero attached hydrogens (tertiary/aromatic N) is 2. The van der Waals surface area contributed by atoms with E-state index < -0.39 is 0 Å². The molecule has 2 rings (SSSR count). The third-order valence-corrected chi connectivity index (χ3v) is 4.04. The molecule has 1 atom stereocenters. The maximum Gasteiger partial charge on any atom is 0.298 e. The number of hydrogen-bond acceptors (Lipinski definition) is 2. The van der Waals surface area contributed by atoms with Gasteiger partial charge < -0.3 is 4.90 Å². The van der Waals surface area contributed by atoms with E-state index in [1.54, 1.807) is 17.2 Å². The number of amides is 1. The predicted molar refractivity (Wildman–Crippen MR) is 80.9 cm³/mol. The van der Waals surface area contributed by atoms with E-state index >= 15 is 0 Å². The Morgan fingerprint density at radius 3 is 3.00 bits per heavy atom. The molecule has 0 saturated carbocycles. The second-order valence-electron chi connectivity index (χ2n) is 4.77. The number of aromatic nitrogens is 1. The van der Waals surface area contributed by atoms with Crippen LogP contribution >= 0.6 is 23.2 Å². The molecule has 1 unspecified atom stereocenters. The fraction of sp³-hybridized carbons (Fsp3) is 0.467. The van der Waals surface area contributed by atoms with Gasteiger partial charge in [0.25, 0.3) is 5.91 Å². The van der Waals surface area contributed by atoms with Crippen molar-refractivity contribution in [3.05, 3.63) is 28.0 Å². The summed E-state index contributed by atoms with van der Waals surface area (Å²) in [7, 11) is 0. The lowest BCUT2D eigenvalue weighted by molar-refractivity contribution is -0.126. The molecule has 0 aromatic carbocycles. The Kier molecular flexibility index (Phi) is 5.28. The number of carbonyl (C=O) groups excluding carboxylic acids is 1. The van der Waals surface area contributed by atoms with Crippen molar-refractivity contribution in [3.8, 4) is 11.8 Å². The van der Waals surface area contributed by atoms with Crippen molar-refractivity contribution in [2.24, 2.45) is 0 Å². The molecule has 0 radical (unpaired) electrons. The lowest BCUT2D eigenvalue weighted by Gasteiger charge is -2.31. The topological polar surface area (TPSA) is 33.2 Å². The first-order valence-corrected chi connectivity index (χ1v) is 7.46. The van der Waals surface area contributed by atoms with Gasteiger partial charge in [0.15, 0.2) is 0 Å². The quantitative estimate of drug-likeness (QED) is 0.744. The molecule has 5 heteroatoms. The summed E-state index contributed by atoms with van der Waals surface area (Å²) < 4.78 is 0. The van der Waals surface area contributed by atoms with Gasteiger partial charge in [0.2, 0.25) is 0 Å². The van der Waals surface area contributed by atoms with E-state index in [4.69, 9.17) is 23.2 Å².